The van der Waals surface area contributed by atoms with Gasteiger partial charge in [-0.2, -0.15) is 0 Å². The zero-order valence-electron chi connectivity index (χ0n) is 15.3. The second kappa shape index (κ2) is 8.60. The van der Waals surface area contributed by atoms with E-state index in [2.05, 4.69) is 10.6 Å². The third kappa shape index (κ3) is 4.15. The average Bonchev–Trinajstić information content (AvgIpc) is 2.64. The zero-order valence-corrected chi connectivity index (χ0v) is 15.3. The van der Waals surface area contributed by atoms with Crippen molar-refractivity contribution in [2.24, 2.45) is 0 Å². The summed E-state index contributed by atoms with van der Waals surface area (Å²) in [5.41, 5.74) is 2.08. The van der Waals surface area contributed by atoms with E-state index in [0.29, 0.717) is 37.6 Å². The lowest BCUT2D eigenvalue weighted by atomic mass is 9.91. The van der Waals surface area contributed by atoms with Gasteiger partial charge >= 0.3 is 6.03 Å². The number of amides is 3. The maximum Gasteiger partial charge on any atom is 0.317 e. The molecule has 7 nitrogen and oxygen atoms in total. The van der Waals surface area contributed by atoms with Crippen LogP contribution in [0.2, 0.25) is 0 Å². The number of carbonyl (C=O) groups excluding carboxylic acids is 2. The number of methoxy groups -OCH3 is 2. The lowest BCUT2D eigenvalue weighted by Crippen LogP contribution is -2.49. The second-order valence-corrected chi connectivity index (χ2v) is 5.86. The number of nitrogens with zero attached hydrogens (tertiary/aromatic N) is 1. The molecule has 0 aromatic heterocycles. The van der Waals surface area contributed by atoms with Crippen molar-refractivity contribution < 1.29 is 19.1 Å². The highest BCUT2D eigenvalue weighted by atomic mass is 16.5. The predicted molar refractivity (Wildman–Crippen MR) is 95.1 cm³/mol. The number of nitrogens with one attached hydrogen (secondary N) is 2. The molecule has 2 rings (SSSR count). The van der Waals surface area contributed by atoms with Gasteiger partial charge in [-0.25, -0.2) is 4.79 Å². The monoisotopic (exact) mass is 349 g/mol. The van der Waals surface area contributed by atoms with Crippen molar-refractivity contribution >= 4 is 11.9 Å². The minimum Gasteiger partial charge on any atom is -0.493 e. The molecule has 1 aromatic carbocycles. The molecule has 0 fully saturated rings. The van der Waals surface area contributed by atoms with E-state index >= 15 is 0 Å². The molecule has 2 N–H and O–H groups in total. The Morgan fingerprint density at radius 2 is 1.84 bits per heavy atom. The van der Waals surface area contributed by atoms with Gasteiger partial charge in [0.15, 0.2) is 11.5 Å². The zero-order chi connectivity index (χ0) is 18.4. The van der Waals surface area contributed by atoms with Crippen molar-refractivity contribution in [2.45, 2.75) is 32.7 Å². The van der Waals surface area contributed by atoms with E-state index in [1.54, 1.807) is 26.0 Å². The van der Waals surface area contributed by atoms with E-state index in [4.69, 9.17) is 9.47 Å². The first-order chi connectivity index (χ1) is 12.0. The Morgan fingerprint density at radius 3 is 2.44 bits per heavy atom. The van der Waals surface area contributed by atoms with Crippen LogP contribution < -0.4 is 20.1 Å². The van der Waals surface area contributed by atoms with Gasteiger partial charge in [0.1, 0.15) is 0 Å². The van der Waals surface area contributed by atoms with Crippen LogP contribution in [0.15, 0.2) is 12.1 Å². The van der Waals surface area contributed by atoms with Gasteiger partial charge in [-0.05, 0) is 36.6 Å². The third-order valence-corrected chi connectivity index (χ3v) is 4.41. The fraction of sp³-hybridized carbons (Fsp3) is 0.556. The molecular formula is C18H27N3O4. The first-order valence-electron chi connectivity index (χ1n) is 8.61. The van der Waals surface area contributed by atoms with Crippen LogP contribution in [-0.2, 0) is 11.2 Å². The average molecular weight is 349 g/mol. The SMILES string of the molecule is CCNC(=O)N1CCc2cc(OC)c(OC)cc2C1CNC(=O)CC. The van der Waals surface area contributed by atoms with Crippen LogP contribution >= 0.6 is 0 Å². The Hall–Kier alpha value is -2.44. The fourth-order valence-corrected chi connectivity index (χ4v) is 3.08. The largest absolute Gasteiger partial charge is 0.493 e. The third-order valence-electron chi connectivity index (χ3n) is 4.41. The van der Waals surface area contributed by atoms with Gasteiger partial charge in [0.2, 0.25) is 5.91 Å². The number of benzene rings is 1. The number of carbonyl (C=O) groups is 2. The molecule has 1 aromatic rings. The van der Waals surface area contributed by atoms with Crippen LogP contribution in [0.25, 0.3) is 0 Å². The highest BCUT2D eigenvalue weighted by Gasteiger charge is 2.32. The number of ether oxygens (including phenoxy) is 2. The molecule has 1 atom stereocenters. The minimum absolute atomic E-state index is 0.0385. The van der Waals surface area contributed by atoms with Crippen molar-refractivity contribution in [3.8, 4) is 11.5 Å². The van der Waals surface area contributed by atoms with Crippen molar-refractivity contribution in [3.05, 3.63) is 23.3 Å². The van der Waals surface area contributed by atoms with Crippen molar-refractivity contribution in [1.82, 2.24) is 15.5 Å². The Kier molecular flexibility index (Phi) is 6.50. The normalized spacial score (nSPS) is 16.0. The molecule has 0 bridgehead atoms. The van der Waals surface area contributed by atoms with Crippen LogP contribution in [0.1, 0.15) is 37.4 Å². The lowest BCUT2D eigenvalue weighted by Gasteiger charge is -2.37. The molecule has 0 saturated heterocycles. The maximum absolute atomic E-state index is 12.5. The van der Waals surface area contributed by atoms with Gasteiger partial charge in [0.05, 0.1) is 20.3 Å². The standard InChI is InChI=1S/C18H27N3O4/c1-5-17(22)20-11-14-13-10-16(25-4)15(24-3)9-12(13)7-8-21(14)18(23)19-6-2/h9-10,14H,5-8,11H2,1-4H3,(H,19,23)(H,20,22). The lowest BCUT2D eigenvalue weighted by molar-refractivity contribution is -0.121. The molecule has 0 spiro atoms. The summed E-state index contributed by atoms with van der Waals surface area (Å²) >= 11 is 0. The fourth-order valence-electron chi connectivity index (χ4n) is 3.08. The summed E-state index contributed by atoms with van der Waals surface area (Å²) in [6.07, 6.45) is 1.14. The first kappa shape index (κ1) is 18.9. The first-order valence-corrected chi connectivity index (χ1v) is 8.61. The van der Waals surface area contributed by atoms with Crippen molar-refractivity contribution in [2.75, 3.05) is 33.9 Å². The van der Waals surface area contributed by atoms with E-state index in [1.165, 1.54) is 0 Å². The summed E-state index contributed by atoms with van der Waals surface area (Å²) < 4.78 is 10.8. The molecular weight excluding hydrogens is 322 g/mol. The van der Waals surface area contributed by atoms with Gasteiger partial charge in [0.25, 0.3) is 0 Å². The van der Waals surface area contributed by atoms with E-state index in [-0.39, 0.29) is 18.0 Å². The van der Waals surface area contributed by atoms with Crippen LogP contribution in [0.5, 0.6) is 11.5 Å². The summed E-state index contributed by atoms with van der Waals surface area (Å²) in [4.78, 5) is 25.9. The maximum atomic E-state index is 12.5. The second-order valence-electron chi connectivity index (χ2n) is 5.86. The topological polar surface area (TPSA) is 79.9 Å². The highest BCUT2D eigenvalue weighted by Crippen LogP contribution is 2.37. The summed E-state index contributed by atoms with van der Waals surface area (Å²) in [6, 6.07) is 3.49. The van der Waals surface area contributed by atoms with Crippen LogP contribution in [0.4, 0.5) is 4.79 Å². The van der Waals surface area contributed by atoms with E-state index in [9.17, 15) is 9.59 Å². The predicted octanol–water partition coefficient (Wildman–Crippen LogP) is 1.86. The molecule has 0 aliphatic carbocycles. The minimum atomic E-state index is -0.245. The quantitative estimate of drug-likeness (QED) is 0.821. The summed E-state index contributed by atoms with van der Waals surface area (Å²) in [5.74, 6) is 1.25. The van der Waals surface area contributed by atoms with Crippen LogP contribution in [0, 0.1) is 0 Å². The van der Waals surface area contributed by atoms with Gasteiger partial charge in [-0.15, -0.1) is 0 Å². The molecule has 0 radical (unpaired) electrons. The number of hydrogen-bond donors (Lipinski definition) is 2. The van der Waals surface area contributed by atoms with Crippen LogP contribution in [-0.4, -0.2) is 50.7 Å². The summed E-state index contributed by atoms with van der Waals surface area (Å²) in [6.45, 7) is 5.20. The van der Waals surface area contributed by atoms with Crippen LogP contribution in [0.3, 0.4) is 0 Å². The Labute approximate surface area is 148 Å². The van der Waals surface area contributed by atoms with Crippen molar-refractivity contribution in [3.63, 3.8) is 0 Å². The Morgan fingerprint density at radius 1 is 1.16 bits per heavy atom. The molecule has 1 aliphatic rings. The van der Waals surface area contributed by atoms with E-state index in [0.717, 1.165) is 17.5 Å². The van der Waals surface area contributed by atoms with Gasteiger partial charge in [-0.1, -0.05) is 6.92 Å². The summed E-state index contributed by atoms with van der Waals surface area (Å²) in [7, 11) is 3.19. The number of urea groups is 1. The number of fused-ring (bicyclic) bond motifs is 1. The molecule has 138 valence electrons. The number of rotatable bonds is 6. The molecule has 1 heterocycles. The van der Waals surface area contributed by atoms with Crippen molar-refractivity contribution in [1.29, 1.82) is 0 Å². The van der Waals surface area contributed by atoms with E-state index in [1.807, 2.05) is 19.1 Å². The molecule has 25 heavy (non-hydrogen) atoms. The molecule has 1 aliphatic heterocycles. The Balaban J connectivity index is 2.39. The summed E-state index contributed by atoms with van der Waals surface area (Å²) in [5, 5.41) is 5.75. The van der Waals surface area contributed by atoms with Gasteiger partial charge < -0.3 is 25.0 Å². The van der Waals surface area contributed by atoms with E-state index < -0.39 is 0 Å². The smallest absolute Gasteiger partial charge is 0.317 e. The molecule has 1 unspecified atom stereocenters. The highest BCUT2D eigenvalue weighted by molar-refractivity contribution is 5.77. The molecule has 0 saturated carbocycles. The number of hydrogen-bond acceptors (Lipinski definition) is 4. The molecule has 7 heteroatoms. The van der Waals surface area contributed by atoms with Gasteiger partial charge in [-0.3, -0.25) is 4.79 Å². The molecule has 3 amide bonds. The Bertz CT molecular complexity index is 633. The van der Waals surface area contributed by atoms with Gasteiger partial charge in [0, 0.05) is 26.1 Å².